The van der Waals surface area contributed by atoms with E-state index < -0.39 is 5.83 Å². The number of piperazine rings is 1. The summed E-state index contributed by atoms with van der Waals surface area (Å²) in [6.07, 6.45) is 19.8. The van der Waals surface area contributed by atoms with Gasteiger partial charge in [0.1, 0.15) is 29.1 Å². The summed E-state index contributed by atoms with van der Waals surface area (Å²) in [6.45, 7) is 7.16. The van der Waals surface area contributed by atoms with Crippen LogP contribution >= 0.6 is 0 Å². The summed E-state index contributed by atoms with van der Waals surface area (Å²) < 4.78 is 37.1. The molecule has 0 amide bonds. The summed E-state index contributed by atoms with van der Waals surface area (Å²) in [6, 6.07) is 4.28. The number of allylic oxidation sites excluding steroid dienone is 5. The third-order valence-corrected chi connectivity index (χ3v) is 10.1. The van der Waals surface area contributed by atoms with E-state index in [0.717, 1.165) is 43.2 Å². The van der Waals surface area contributed by atoms with Crippen molar-refractivity contribution in [3.63, 3.8) is 0 Å². The van der Waals surface area contributed by atoms with Crippen molar-refractivity contribution in [2.45, 2.75) is 96.7 Å². The molecule has 260 valence electrons. The average molecular weight is 663 g/mol. The molecule has 2 atom stereocenters. The SMILES string of the molecule is CC/C=C/C=C\c1cc(O)cc(/C(C)=C(F)/C=c2/c(N3CC4CCC(C3)N4)nc(OCN(C)N(C)C3CCCCCC3)n/c2=C\F)c1C. The molecule has 1 aromatic carbocycles. The first-order chi connectivity index (χ1) is 23.2. The Hall–Kier alpha value is -3.60. The van der Waals surface area contributed by atoms with Gasteiger partial charge in [0.25, 0.3) is 0 Å². The zero-order valence-corrected chi connectivity index (χ0v) is 29.2. The average Bonchev–Trinajstić information content (AvgIpc) is 3.25. The van der Waals surface area contributed by atoms with Crippen LogP contribution in [0.4, 0.5) is 14.6 Å². The summed E-state index contributed by atoms with van der Waals surface area (Å²) in [5.74, 6) is -0.0749. The van der Waals surface area contributed by atoms with Gasteiger partial charge in [0.05, 0.1) is 0 Å². The standard InChI is InChI=1S/C38H52F2N6O2/c1-6-7-8-11-14-28-19-32(47)20-33(26(28)2)27(3)35(40)21-34-36(22-39)42-38(43-37(34)46-23-29-17-18-30(24-46)41-29)48-25-44(4)45(5)31-15-12-9-10-13-16-31/h7-8,11,14,19-22,29-31,41,47H,6,9-10,12-13,15-18,23-25H2,1-5H3/b8-7+,14-11-,34-21+,35-27-,36-22-. The van der Waals surface area contributed by atoms with Gasteiger partial charge in [-0.05, 0) is 86.4 Å². The molecule has 0 spiro atoms. The van der Waals surface area contributed by atoms with Gasteiger partial charge in [-0.1, -0.05) is 56.9 Å². The van der Waals surface area contributed by atoms with Gasteiger partial charge in [0, 0.05) is 50.5 Å². The number of phenols is 1. The number of phenolic OH excluding ortho intramolecular Hbond substituents is 1. The number of aromatic hydroxyl groups is 1. The minimum Gasteiger partial charge on any atom is -0.508 e. The molecular weight excluding hydrogens is 610 g/mol. The van der Waals surface area contributed by atoms with Crippen LogP contribution in [0.25, 0.3) is 24.1 Å². The second-order valence-electron chi connectivity index (χ2n) is 13.5. The highest BCUT2D eigenvalue weighted by molar-refractivity contribution is 5.78. The molecule has 2 bridgehead atoms. The van der Waals surface area contributed by atoms with Crippen molar-refractivity contribution in [1.29, 1.82) is 0 Å². The molecule has 2 unspecified atom stereocenters. The lowest BCUT2D eigenvalue weighted by Gasteiger charge is -2.35. The van der Waals surface area contributed by atoms with Crippen molar-refractivity contribution in [3.8, 4) is 11.8 Å². The first-order valence-electron chi connectivity index (χ1n) is 17.5. The number of nitrogens with zero attached hydrogens (tertiary/aromatic N) is 5. The van der Waals surface area contributed by atoms with E-state index in [1.165, 1.54) is 31.8 Å². The van der Waals surface area contributed by atoms with Gasteiger partial charge in [0.15, 0.2) is 6.73 Å². The maximum atomic E-state index is 16.3. The smallest absolute Gasteiger partial charge is 0.320 e. The fourth-order valence-electron chi connectivity index (χ4n) is 7.12. The van der Waals surface area contributed by atoms with Crippen LogP contribution in [0.2, 0.25) is 0 Å². The lowest BCUT2D eigenvalue weighted by molar-refractivity contribution is -0.0669. The number of hydrazine groups is 1. The molecule has 2 N–H and O–H groups in total. The lowest BCUT2D eigenvalue weighted by atomic mass is 9.95. The molecule has 3 aliphatic rings. The Morgan fingerprint density at radius 2 is 1.77 bits per heavy atom. The van der Waals surface area contributed by atoms with Crippen LogP contribution in [-0.4, -0.2) is 77.1 Å². The van der Waals surface area contributed by atoms with Crippen molar-refractivity contribution in [3.05, 3.63) is 63.4 Å². The van der Waals surface area contributed by atoms with Crippen molar-refractivity contribution in [1.82, 2.24) is 25.3 Å². The topological polar surface area (TPSA) is 77.0 Å². The summed E-state index contributed by atoms with van der Waals surface area (Å²) in [5, 5.41) is 18.6. The van der Waals surface area contributed by atoms with Gasteiger partial charge >= 0.3 is 6.01 Å². The van der Waals surface area contributed by atoms with Crippen LogP contribution in [0.1, 0.15) is 88.3 Å². The second-order valence-corrected chi connectivity index (χ2v) is 13.5. The van der Waals surface area contributed by atoms with Gasteiger partial charge in [-0.15, -0.1) is 0 Å². The summed E-state index contributed by atoms with van der Waals surface area (Å²) in [7, 11) is 4.05. The number of halogens is 2. The lowest BCUT2D eigenvalue weighted by Crippen LogP contribution is -2.53. The van der Waals surface area contributed by atoms with Gasteiger partial charge in [-0.2, -0.15) is 9.97 Å². The molecule has 1 aromatic heterocycles. The number of fused-ring (bicyclic) bond motifs is 2. The Morgan fingerprint density at radius 1 is 1.06 bits per heavy atom. The van der Waals surface area contributed by atoms with Crippen molar-refractivity contribution in [2.24, 2.45) is 0 Å². The number of ether oxygens (including phenoxy) is 1. The normalized spacial score (nSPS) is 22.1. The molecule has 1 aliphatic carbocycles. The molecule has 10 heteroatoms. The summed E-state index contributed by atoms with van der Waals surface area (Å²) in [5.41, 5.74) is 2.50. The van der Waals surface area contributed by atoms with E-state index in [1.807, 2.05) is 43.3 Å². The highest BCUT2D eigenvalue weighted by Gasteiger charge is 2.33. The molecule has 3 heterocycles. The van der Waals surface area contributed by atoms with Crippen LogP contribution < -0.4 is 25.5 Å². The van der Waals surface area contributed by atoms with Crippen molar-refractivity contribution < 1.29 is 18.6 Å². The quantitative estimate of drug-likeness (QED) is 0.129. The fourth-order valence-corrected chi connectivity index (χ4v) is 7.12. The molecule has 5 rings (SSSR count). The van der Waals surface area contributed by atoms with Crippen LogP contribution in [0.5, 0.6) is 11.8 Å². The first kappa shape index (κ1) is 35.7. The highest BCUT2D eigenvalue weighted by Crippen LogP contribution is 2.31. The number of hydrogen-bond donors (Lipinski definition) is 2. The molecule has 0 radical (unpaired) electrons. The molecular formula is C38H52F2N6O2. The third kappa shape index (κ3) is 8.70. The molecule has 2 aliphatic heterocycles. The van der Waals surface area contributed by atoms with Gasteiger partial charge in [-0.25, -0.2) is 18.8 Å². The Morgan fingerprint density at radius 3 is 2.44 bits per heavy atom. The number of nitrogens with one attached hydrogen (secondary N) is 1. The van der Waals surface area contributed by atoms with Crippen LogP contribution in [0.3, 0.4) is 0 Å². The summed E-state index contributed by atoms with van der Waals surface area (Å²) in [4.78, 5) is 11.3. The van der Waals surface area contributed by atoms with Crippen LogP contribution in [-0.2, 0) is 0 Å². The molecule has 8 nitrogen and oxygen atoms in total. The van der Waals surface area contributed by atoms with E-state index in [-0.39, 0.29) is 41.1 Å². The monoisotopic (exact) mass is 662 g/mol. The van der Waals surface area contributed by atoms with E-state index in [9.17, 15) is 9.50 Å². The minimum atomic E-state index is -0.561. The maximum absolute atomic E-state index is 16.3. The number of aromatic nitrogens is 2. The number of rotatable bonds is 11. The molecule has 3 fully saturated rings. The maximum Gasteiger partial charge on any atom is 0.320 e. The molecule has 1 saturated carbocycles. The first-order valence-corrected chi connectivity index (χ1v) is 17.5. The minimum absolute atomic E-state index is 0.0381. The van der Waals surface area contributed by atoms with E-state index in [4.69, 9.17) is 9.72 Å². The van der Waals surface area contributed by atoms with Crippen LogP contribution in [0, 0.1) is 6.92 Å². The number of hydrogen-bond acceptors (Lipinski definition) is 8. The Labute approximate surface area is 284 Å². The van der Waals surface area contributed by atoms with E-state index in [2.05, 4.69) is 34.2 Å². The van der Waals surface area contributed by atoms with Gasteiger partial charge in [-0.3, -0.25) is 0 Å². The van der Waals surface area contributed by atoms with Crippen molar-refractivity contribution >= 4 is 29.9 Å². The predicted molar refractivity (Wildman–Crippen MR) is 191 cm³/mol. The van der Waals surface area contributed by atoms with Gasteiger partial charge < -0.3 is 20.1 Å². The molecule has 48 heavy (non-hydrogen) atoms. The summed E-state index contributed by atoms with van der Waals surface area (Å²) >= 11 is 0. The number of anilines is 1. The number of benzene rings is 1. The van der Waals surface area contributed by atoms with E-state index in [1.54, 1.807) is 19.1 Å². The Bertz CT molecular complexity index is 1620. The van der Waals surface area contributed by atoms with E-state index >= 15 is 4.39 Å². The third-order valence-electron chi connectivity index (χ3n) is 10.1. The highest BCUT2D eigenvalue weighted by atomic mass is 19.1. The molecule has 2 saturated heterocycles. The second kappa shape index (κ2) is 16.7. The van der Waals surface area contributed by atoms with Crippen LogP contribution in [0.15, 0.2) is 36.2 Å². The zero-order chi connectivity index (χ0) is 34.2. The largest absolute Gasteiger partial charge is 0.508 e. The van der Waals surface area contributed by atoms with Gasteiger partial charge in [0.2, 0.25) is 0 Å². The fraction of sp³-hybridized carbons (Fsp3) is 0.526. The van der Waals surface area contributed by atoms with Crippen molar-refractivity contribution in [2.75, 3.05) is 38.8 Å². The zero-order valence-electron chi connectivity index (χ0n) is 29.2. The Balaban J connectivity index is 1.51. The Kier molecular flexibility index (Phi) is 12.4. The predicted octanol–water partition coefficient (Wildman–Crippen LogP) is 6.14. The van der Waals surface area contributed by atoms with E-state index in [0.29, 0.717) is 42.4 Å². The molecule has 2 aromatic rings.